The molecule has 0 aliphatic carbocycles. The van der Waals surface area contributed by atoms with Crippen molar-refractivity contribution in [2.75, 3.05) is 24.8 Å². The molecule has 104 valence electrons. The molecule has 2 rings (SSSR count). The third-order valence-electron chi connectivity index (χ3n) is 2.81. The Morgan fingerprint density at radius 2 is 1.95 bits per heavy atom. The highest BCUT2D eigenvalue weighted by atomic mass is 79.9. The van der Waals surface area contributed by atoms with E-state index >= 15 is 0 Å². The van der Waals surface area contributed by atoms with Crippen molar-refractivity contribution in [2.45, 2.75) is 0 Å². The molecular formula is C15H15BrN2O2. The number of anilines is 2. The van der Waals surface area contributed by atoms with Gasteiger partial charge in [-0.05, 0) is 24.3 Å². The maximum atomic E-state index is 12.3. The van der Waals surface area contributed by atoms with E-state index in [-0.39, 0.29) is 5.91 Å². The van der Waals surface area contributed by atoms with Gasteiger partial charge in [-0.1, -0.05) is 28.1 Å². The first kappa shape index (κ1) is 14.4. The van der Waals surface area contributed by atoms with Crippen molar-refractivity contribution in [3.8, 4) is 5.75 Å². The number of halogens is 1. The predicted molar refractivity (Wildman–Crippen MR) is 84.6 cm³/mol. The van der Waals surface area contributed by atoms with Gasteiger partial charge in [0.15, 0.2) is 0 Å². The Bertz CT molecular complexity index is 629. The van der Waals surface area contributed by atoms with Crippen molar-refractivity contribution >= 4 is 33.2 Å². The summed E-state index contributed by atoms with van der Waals surface area (Å²) in [6.07, 6.45) is 0. The summed E-state index contributed by atoms with van der Waals surface area (Å²) in [6.45, 7) is 0. The summed E-state index contributed by atoms with van der Waals surface area (Å²) in [6, 6.07) is 12.8. The molecule has 1 amide bonds. The lowest BCUT2D eigenvalue weighted by Crippen LogP contribution is -2.14. The highest BCUT2D eigenvalue weighted by Crippen LogP contribution is 2.25. The fraction of sp³-hybridized carbons (Fsp3) is 0.133. The van der Waals surface area contributed by atoms with Crippen molar-refractivity contribution in [3.63, 3.8) is 0 Å². The number of rotatable bonds is 4. The Morgan fingerprint density at radius 3 is 2.65 bits per heavy atom. The zero-order valence-electron chi connectivity index (χ0n) is 11.2. The minimum atomic E-state index is -0.171. The second-order valence-electron chi connectivity index (χ2n) is 4.13. The van der Waals surface area contributed by atoms with Gasteiger partial charge in [0, 0.05) is 29.0 Å². The van der Waals surface area contributed by atoms with Crippen LogP contribution in [0.3, 0.4) is 0 Å². The van der Waals surface area contributed by atoms with Gasteiger partial charge < -0.3 is 15.4 Å². The Morgan fingerprint density at radius 1 is 1.20 bits per heavy atom. The van der Waals surface area contributed by atoms with Gasteiger partial charge in [-0.15, -0.1) is 0 Å². The molecule has 0 fully saturated rings. The van der Waals surface area contributed by atoms with Crippen LogP contribution in [-0.2, 0) is 0 Å². The summed E-state index contributed by atoms with van der Waals surface area (Å²) >= 11 is 3.38. The van der Waals surface area contributed by atoms with E-state index in [4.69, 9.17) is 4.74 Å². The first-order valence-corrected chi connectivity index (χ1v) is 6.86. The average molecular weight is 335 g/mol. The van der Waals surface area contributed by atoms with Gasteiger partial charge in [0.05, 0.1) is 12.7 Å². The zero-order chi connectivity index (χ0) is 14.5. The quantitative estimate of drug-likeness (QED) is 0.895. The number of ether oxygens (including phenoxy) is 1. The van der Waals surface area contributed by atoms with Crippen LogP contribution in [0, 0.1) is 0 Å². The standard InChI is InChI=1S/C15H15BrN2O2/c1-17-14-6-4-3-5-13(14)15(19)18-11-7-10(16)8-12(9-11)20-2/h3-9,17H,1-2H3,(H,18,19). The Kier molecular flexibility index (Phi) is 4.63. The van der Waals surface area contributed by atoms with Gasteiger partial charge in [0.2, 0.25) is 0 Å². The second kappa shape index (κ2) is 6.43. The second-order valence-corrected chi connectivity index (χ2v) is 5.05. The SMILES string of the molecule is CNc1ccccc1C(=O)Nc1cc(Br)cc(OC)c1. The number of benzene rings is 2. The predicted octanol–water partition coefficient (Wildman–Crippen LogP) is 3.75. The number of carbonyl (C=O) groups excluding carboxylic acids is 1. The van der Waals surface area contributed by atoms with Gasteiger partial charge in [0.25, 0.3) is 5.91 Å². The average Bonchev–Trinajstić information content (AvgIpc) is 2.46. The molecule has 0 atom stereocenters. The molecule has 20 heavy (non-hydrogen) atoms. The number of hydrogen-bond donors (Lipinski definition) is 2. The summed E-state index contributed by atoms with van der Waals surface area (Å²) in [5, 5.41) is 5.86. The van der Waals surface area contributed by atoms with E-state index in [0.717, 1.165) is 10.2 Å². The topological polar surface area (TPSA) is 50.4 Å². The Balaban J connectivity index is 2.25. The third-order valence-corrected chi connectivity index (χ3v) is 3.26. The number of amides is 1. The molecule has 0 radical (unpaired) electrons. The normalized spacial score (nSPS) is 9.95. The van der Waals surface area contributed by atoms with E-state index in [1.165, 1.54) is 0 Å². The summed E-state index contributed by atoms with van der Waals surface area (Å²) < 4.78 is 6.02. The molecule has 2 aromatic rings. The number of para-hydroxylation sites is 1. The molecule has 0 unspecified atom stereocenters. The monoisotopic (exact) mass is 334 g/mol. The lowest BCUT2D eigenvalue weighted by molar-refractivity contribution is 0.102. The van der Waals surface area contributed by atoms with E-state index in [9.17, 15) is 4.79 Å². The van der Waals surface area contributed by atoms with Crippen molar-refractivity contribution in [1.82, 2.24) is 0 Å². The van der Waals surface area contributed by atoms with Gasteiger partial charge in [0.1, 0.15) is 5.75 Å². The molecule has 0 bridgehead atoms. The highest BCUT2D eigenvalue weighted by Gasteiger charge is 2.11. The van der Waals surface area contributed by atoms with E-state index in [0.29, 0.717) is 17.0 Å². The van der Waals surface area contributed by atoms with Gasteiger partial charge >= 0.3 is 0 Å². The van der Waals surface area contributed by atoms with Crippen LogP contribution in [0.15, 0.2) is 46.9 Å². The fourth-order valence-electron chi connectivity index (χ4n) is 1.85. The van der Waals surface area contributed by atoms with E-state index in [1.54, 1.807) is 26.3 Å². The number of carbonyl (C=O) groups is 1. The molecule has 0 spiro atoms. The van der Waals surface area contributed by atoms with Crippen LogP contribution >= 0.6 is 15.9 Å². The first-order chi connectivity index (χ1) is 9.63. The molecule has 0 saturated carbocycles. The highest BCUT2D eigenvalue weighted by molar-refractivity contribution is 9.10. The summed E-state index contributed by atoms with van der Waals surface area (Å²) in [4.78, 5) is 12.3. The number of nitrogens with one attached hydrogen (secondary N) is 2. The van der Waals surface area contributed by atoms with Crippen LogP contribution in [0.25, 0.3) is 0 Å². The molecule has 4 nitrogen and oxygen atoms in total. The molecule has 0 aromatic heterocycles. The minimum absolute atomic E-state index is 0.171. The molecule has 5 heteroatoms. The maximum absolute atomic E-state index is 12.3. The van der Waals surface area contributed by atoms with Crippen LogP contribution in [-0.4, -0.2) is 20.1 Å². The van der Waals surface area contributed by atoms with Crippen molar-refractivity contribution in [2.24, 2.45) is 0 Å². The van der Waals surface area contributed by atoms with Crippen molar-refractivity contribution in [3.05, 3.63) is 52.5 Å². The first-order valence-electron chi connectivity index (χ1n) is 6.06. The smallest absolute Gasteiger partial charge is 0.257 e. The van der Waals surface area contributed by atoms with Crippen LogP contribution in [0.1, 0.15) is 10.4 Å². The molecule has 0 aliphatic rings. The van der Waals surface area contributed by atoms with E-state index < -0.39 is 0 Å². The van der Waals surface area contributed by atoms with Crippen LogP contribution in [0.5, 0.6) is 5.75 Å². The van der Waals surface area contributed by atoms with Crippen LogP contribution < -0.4 is 15.4 Å². The Labute approximate surface area is 126 Å². The van der Waals surface area contributed by atoms with Gasteiger partial charge in [-0.2, -0.15) is 0 Å². The van der Waals surface area contributed by atoms with E-state index in [2.05, 4.69) is 26.6 Å². The number of hydrogen-bond acceptors (Lipinski definition) is 3. The van der Waals surface area contributed by atoms with Crippen molar-refractivity contribution in [1.29, 1.82) is 0 Å². The maximum Gasteiger partial charge on any atom is 0.257 e. The molecule has 0 heterocycles. The van der Waals surface area contributed by atoms with E-state index in [1.807, 2.05) is 30.3 Å². The third kappa shape index (κ3) is 3.30. The number of methoxy groups -OCH3 is 1. The summed E-state index contributed by atoms with van der Waals surface area (Å²) in [5.41, 5.74) is 2.05. The zero-order valence-corrected chi connectivity index (χ0v) is 12.8. The van der Waals surface area contributed by atoms with Gasteiger partial charge in [-0.25, -0.2) is 0 Å². The molecule has 2 aromatic carbocycles. The summed E-state index contributed by atoms with van der Waals surface area (Å²) in [5.74, 6) is 0.506. The van der Waals surface area contributed by atoms with Crippen LogP contribution in [0.2, 0.25) is 0 Å². The fourth-order valence-corrected chi connectivity index (χ4v) is 2.32. The van der Waals surface area contributed by atoms with Crippen molar-refractivity contribution < 1.29 is 9.53 Å². The largest absolute Gasteiger partial charge is 0.497 e. The molecular weight excluding hydrogens is 320 g/mol. The molecule has 0 aliphatic heterocycles. The van der Waals surface area contributed by atoms with Gasteiger partial charge in [-0.3, -0.25) is 4.79 Å². The lowest BCUT2D eigenvalue weighted by Gasteiger charge is -2.11. The summed E-state index contributed by atoms with van der Waals surface area (Å²) in [7, 11) is 3.37. The van der Waals surface area contributed by atoms with Crippen LogP contribution in [0.4, 0.5) is 11.4 Å². The lowest BCUT2D eigenvalue weighted by atomic mass is 10.1. The minimum Gasteiger partial charge on any atom is -0.497 e. The molecule has 0 saturated heterocycles. The molecule has 2 N–H and O–H groups in total. The Hall–Kier alpha value is -2.01.